The Kier molecular flexibility index (Phi) is 5.12. The quantitative estimate of drug-likeness (QED) is 0.788. The molecule has 1 atom stereocenters. The van der Waals surface area contributed by atoms with Crippen LogP contribution in [0.2, 0.25) is 0 Å². The van der Waals surface area contributed by atoms with Crippen molar-refractivity contribution in [1.29, 1.82) is 0 Å². The lowest BCUT2D eigenvalue weighted by Gasteiger charge is -2.24. The highest BCUT2D eigenvalue weighted by atomic mass is 16.6. The molecule has 29 heavy (non-hydrogen) atoms. The number of carbonyl (C=O) groups excluding carboxylic acids is 1. The Bertz CT molecular complexity index is 887. The molecule has 2 fully saturated rings. The minimum Gasteiger partial charge on any atom is -0.444 e. The highest BCUT2D eigenvalue weighted by Gasteiger charge is 2.29. The van der Waals surface area contributed by atoms with Gasteiger partial charge in [-0.25, -0.2) is 9.78 Å². The first-order valence-electron chi connectivity index (χ1n) is 9.93. The zero-order valence-electron chi connectivity index (χ0n) is 17.1. The third-order valence-corrected chi connectivity index (χ3v) is 4.87. The minimum atomic E-state index is -0.523. The second kappa shape index (κ2) is 7.58. The normalized spacial score (nSPS) is 20.3. The van der Waals surface area contributed by atoms with E-state index < -0.39 is 11.7 Å². The molecule has 0 aliphatic carbocycles. The first-order valence-corrected chi connectivity index (χ1v) is 9.93. The van der Waals surface area contributed by atoms with Crippen LogP contribution in [0.25, 0.3) is 11.2 Å². The van der Waals surface area contributed by atoms with Gasteiger partial charge in [-0.05, 0) is 27.2 Å². The molecule has 0 spiro atoms. The zero-order valence-corrected chi connectivity index (χ0v) is 17.1. The molecule has 0 aromatic carbocycles. The van der Waals surface area contributed by atoms with Crippen LogP contribution in [0.15, 0.2) is 10.5 Å². The van der Waals surface area contributed by atoms with Gasteiger partial charge >= 0.3 is 6.09 Å². The van der Waals surface area contributed by atoms with Crippen LogP contribution in [0.4, 0.5) is 22.3 Å². The van der Waals surface area contributed by atoms with Gasteiger partial charge in [0.25, 0.3) is 6.01 Å². The Labute approximate surface area is 169 Å². The van der Waals surface area contributed by atoms with E-state index >= 15 is 0 Å². The van der Waals surface area contributed by atoms with E-state index in [4.69, 9.17) is 19.6 Å². The van der Waals surface area contributed by atoms with E-state index in [-0.39, 0.29) is 6.04 Å². The van der Waals surface area contributed by atoms with Crippen LogP contribution in [0.5, 0.6) is 0 Å². The highest BCUT2D eigenvalue weighted by Crippen LogP contribution is 2.30. The number of anilines is 3. The number of aromatic nitrogens is 2. The molecule has 2 aliphatic heterocycles. The summed E-state index contributed by atoms with van der Waals surface area (Å²) in [5.41, 5.74) is 7.34. The van der Waals surface area contributed by atoms with E-state index in [0.29, 0.717) is 48.5 Å². The molecule has 10 heteroatoms. The average molecular weight is 404 g/mol. The number of nitrogen functional groups attached to an aromatic ring is 1. The van der Waals surface area contributed by atoms with Crippen molar-refractivity contribution in [1.82, 2.24) is 15.3 Å². The SMILES string of the molecule is CC(C)(C)OC(=O)N[C@H]1CCN(c2nc3nc(N4CCOCC4)oc3cc2N)C1. The average Bonchev–Trinajstić information content (AvgIpc) is 3.26. The lowest BCUT2D eigenvalue weighted by molar-refractivity contribution is 0.0509. The molecule has 0 bridgehead atoms. The molecule has 2 aliphatic rings. The predicted molar refractivity (Wildman–Crippen MR) is 109 cm³/mol. The molecule has 4 heterocycles. The zero-order chi connectivity index (χ0) is 20.6. The van der Waals surface area contributed by atoms with Gasteiger partial charge in [-0.2, -0.15) is 4.98 Å². The van der Waals surface area contributed by atoms with E-state index in [9.17, 15) is 4.79 Å². The highest BCUT2D eigenvalue weighted by molar-refractivity contribution is 5.81. The van der Waals surface area contributed by atoms with E-state index in [2.05, 4.69) is 20.2 Å². The molecule has 0 saturated carbocycles. The van der Waals surface area contributed by atoms with E-state index in [1.807, 2.05) is 25.7 Å². The standard InChI is InChI=1S/C19H28N6O4/c1-19(2,3)29-18(26)21-12-4-5-25(11-12)16-13(20)10-14-15(22-16)23-17(28-14)24-6-8-27-9-7-24/h10,12H,4-9,11,20H2,1-3H3,(H,21,26)/t12-/m0/s1. The van der Waals surface area contributed by atoms with Gasteiger partial charge in [-0.3, -0.25) is 0 Å². The molecular formula is C19H28N6O4. The lowest BCUT2D eigenvalue weighted by atomic mass is 10.2. The number of hydrogen-bond acceptors (Lipinski definition) is 9. The Morgan fingerprint density at radius 3 is 2.72 bits per heavy atom. The number of alkyl carbamates (subject to hydrolysis) is 1. The maximum Gasteiger partial charge on any atom is 0.407 e. The second-order valence-electron chi connectivity index (χ2n) is 8.40. The first kappa shape index (κ1) is 19.6. The number of amides is 1. The van der Waals surface area contributed by atoms with E-state index in [1.165, 1.54) is 0 Å². The summed E-state index contributed by atoms with van der Waals surface area (Å²) in [6.45, 7) is 9.65. The third kappa shape index (κ3) is 4.47. The smallest absolute Gasteiger partial charge is 0.407 e. The number of nitrogens with two attached hydrogens (primary N) is 1. The molecule has 10 nitrogen and oxygen atoms in total. The number of fused-ring (bicyclic) bond motifs is 1. The third-order valence-electron chi connectivity index (χ3n) is 4.87. The maximum absolute atomic E-state index is 12.0. The van der Waals surface area contributed by atoms with E-state index in [1.54, 1.807) is 6.07 Å². The number of ether oxygens (including phenoxy) is 2. The van der Waals surface area contributed by atoms with Gasteiger partial charge in [0, 0.05) is 32.2 Å². The minimum absolute atomic E-state index is 0.0250. The van der Waals surface area contributed by atoms with E-state index in [0.717, 1.165) is 26.1 Å². The van der Waals surface area contributed by atoms with Gasteiger partial charge in [0.05, 0.1) is 24.9 Å². The molecule has 1 amide bonds. The first-order chi connectivity index (χ1) is 13.8. The van der Waals surface area contributed by atoms with Crippen molar-refractivity contribution in [2.75, 3.05) is 54.9 Å². The topological polar surface area (TPSA) is 119 Å². The monoisotopic (exact) mass is 404 g/mol. The number of nitrogens with zero attached hydrogens (tertiary/aromatic N) is 4. The summed E-state index contributed by atoms with van der Waals surface area (Å²) in [7, 11) is 0. The number of rotatable bonds is 3. The summed E-state index contributed by atoms with van der Waals surface area (Å²) >= 11 is 0. The number of morpholine rings is 1. The van der Waals surface area contributed by atoms with Gasteiger partial charge in [0.2, 0.25) is 5.65 Å². The predicted octanol–water partition coefficient (Wildman–Crippen LogP) is 1.74. The van der Waals surface area contributed by atoms with Gasteiger partial charge in [0.15, 0.2) is 11.4 Å². The summed E-state index contributed by atoms with van der Waals surface area (Å²) < 4.78 is 16.6. The number of nitrogens with one attached hydrogen (secondary N) is 1. The Hall–Kier alpha value is -2.75. The molecule has 0 unspecified atom stereocenters. The summed E-state index contributed by atoms with van der Waals surface area (Å²) in [6.07, 6.45) is 0.378. The molecule has 2 aromatic heterocycles. The molecule has 3 N–H and O–H groups in total. The molecule has 4 rings (SSSR count). The van der Waals surface area contributed by atoms with Crippen molar-refractivity contribution in [3.8, 4) is 0 Å². The van der Waals surface area contributed by atoms with Gasteiger partial charge in [0.1, 0.15) is 5.60 Å². The molecule has 2 aromatic rings. The largest absolute Gasteiger partial charge is 0.444 e. The molecular weight excluding hydrogens is 376 g/mol. The van der Waals surface area contributed by atoms with Crippen LogP contribution in [0.3, 0.4) is 0 Å². The van der Waals surface area contributed by atoms with Crippen LogP contribution < -0.4 is 20.9 Å². The molecule has 0 radical (unpaired) electrons. The summed E-state index contributed by atoms with van der Waals surface area (Å²) in [6, 6.07) is 2.28. The summed E-state index contributed by atoms with van der Waals surface area (Å²) in [5.74, 6) is 0.660. The van der Waals surface area contributed by atoms with Crippen LogP contribution in [0.1, 0.15) is 27.2 Å². The van der Waals surface area contributed by atoms with Gasteiger partial charge in [-0.15, -0.1) is 0 Å². The van der Waals surface area contributed by atoms with Crippen LogP contribution in [0, 0.1) is 0 Å². The fourth-order valence-electron chi connectivity index (χ4n) is 3.55. The van der Waals surface area contributed by atoms with Crippen LogP contribution in [-0.2, 0) is 9.47 Å². The summed E-state index contributed by atoms with van der Waals surface area (Å²) in [4.78, 5) is 25.3. The van der Waals surface area contributed by atoms with Crippen molar-refractivity contribution in [2.24, 2.45) is 0 Å². The van der Waals surface area contributed by atoms with Crippen molar-refractivity contribution >= 4 is 34.8 Å². The fourth-order valence-corrected chi connectivity index (χ4v) is 3.55. The van der Waals surface area contributed by atoms with Crippen LogP contribution >= 0.6 is 0 Å². The second-order valence-corrected chi connectivity index (χ2v) is 8.40. The maximum atomic E-state index is 12.0. The number of carbonyl (C=O) groups is 1. The van der Waals surface area contributed by atoms with Crippen LogP contribution in [-0.4, -0.2) is 67.1 Å². The number of pyridine rings is 1. The summed E-state index contributed by atoms with van der Waals surface area (Å²) in [5, 5.41) is 2.91. The Morgan fingerprint density at radius 1 is 1.24 bits per heavy atom. The molecule has 2 saturated heterocycles. The number of hydrogen-bond donors (Lipinski definition) is 2. The van der Waals surface area contributed by atoms with Gasteiger partial charge in [-0.1, -0.05) is 0 Å². The van der Waals surface area contributed by atoms with Crippen molar-refractivity contribution in [3.05, 3.63) is 6.07 Å². The van der Waals surface area contributed by atoms with Crippen molar-refractivity contribution < 1.29 is 18.7 Å². The van der Waals surface area contributed by atoms with Gasteiger partial charge < -0.3 is 34.7 Å². The lowest BCUT2D eigenvalue weighted by Crippen LogP contribution is -2.40. The van der Waals surface area contributed by atoms with Crippen molar-refractivity contribution in [3.63, 3.8) is 0 Å². The number of oxazole rings is 1. The van der Waals surface area contributed by atoms with Crippen molar-refractivity contribution in [2.45, 2.75) is 38.8 Å². The fraction of sp³-hybridized carbons (Fsp3) is 0.632. The molecule has 158 valence electrons. The Balaban J connectivity index is 1.46. The Morgan fingerprint density at radius 2 is 2.00 bits per heavy atom.